The van der Waals surface area contributed by atoms with Crippen LogP contribution in [0.4, 0.5) is 11.6 Å². The first-order valence-electron chi connectivity index (χ1n) is 7.44. The summed E-state index contributed by atoms with van der Waals surface area (Å²) in [6.45, 7) is 8.40. The summed E-state index contributed by atoms with van der Waals surface area (Å²) < 4.78 is 0. The Morgan fingerprint density at radius 3 is 2.38 bits per heavy atom. The third-order valence-corrected chi connectivity index (χ3v) is 3.75. The highest BCUT2D eigenvalue weighted by atomic mass is 15.1. The van der Waals surface area contributed by atoms with Gasteiger partial charge < -0.3 is 10.6 Å². The van der Waals surface area contributed by atoms with E-state index in [0.717, 1.165) is 29.4 Å². The fourth-order valence-corrected chi connectivity index (χ4v) is 2.46. The van der Waals surface area contributed by atoms with Gasteiger partial charge in [-0.1, -0.05) is 31.2 Å². The van der Waals surface area contributed by atoms with E-state index < -0.39 is 0 Å². The number of aryl methyl sites for hydroxylation is 2. The Morgan fingerprint density at radius 1 is 1.10 bits per heavy atom. The number of rotatable bonds is 5. The van der Waals surface area contributed by atoms with Gasteiger partial charge in [-0.25, -0.2) is 9.97 Å². The molecule has 0 amide bonds. The fourth-order valence-electron chi connectivity index (χ4n) is 2.46. The van der Waals surface area contributed by atoms with Gasteiger partial charge >= 0.3 is 0 Å². The van der Waals surface area contributed by atoms with Crippen LogP contribution in [0.3, 0.4) is 0 Å². The molecule has 4 nitrogen and oxygen atoms in total. The lowest BCUT2D eigenvalue weighted by atomic mass is 10.0. The molecule has 2 rings (SSSR count). The van der Waals surface area contributed by atoms with E-state index in [0.29, 0.717) is 0 Å². The van der Waals surface area contributed by atoms with Gasteiger partial charge in [-0.05, 0) is 31.9 Å². The van der Waals surface area contributed by atoms with Crippen LogP contribution < -0.4 is 10.6 Å². The van der Waals surface area contributed by atoms with Crippen LogP contribution in [0.15, 0.2) is 24.3 Å². The van der Waals surface area contributed by atoms with Crippen LogP contribution in [0.5, 0.6) is 0 Å². The molecule has 4 heteroatoms. The number of anilines is 2. The second-order valence-electron chi connectivity index (χ2n) is 5.29. The van der Waals surface area contributed by atoms with E-state index in [4.69, 9.17) is 0 Å². The highest BCUT2D eigenvalue weighted by molar-refractivity contribution is 5.58. The average Bonchev–Trinajstić information content (AvgIpc) is 2.49. The quantitative estimate of drug-likeness (QED) is 0.875. The predicted octanol–water partition coefficient (Wildman–Crippen LogP) is 3.87. The van der Waals surface area contributed by atoms with Crippen molar-refractivity contribution in [2.24, 2.45) is 0 Å². The van der Waals surface area contributed by atoms with Gasteiger partial charge in [-0.2, -0.15) is 0 Å². The molecule has 1 aromatic heterocycles. The Labute approximate surface area is 127 Å². The summed E-state index contributed by atoms with van der Waals surface area (Å²) in [6.07, 6.45) is 0.822. The molecule has 1 heterocycles. The Kier molecular flexibility index (Phi) is 4.78. The van der Waals surface area contributed by atoms with E-state index >= 15 is 0 Å². The molecule has 1 aromatic carbocycles. The van der Waals surface area contributed by atoms with E-state index in [9.17, 15) is 0 Å². The molecule has 0 saturated carbocycles. The number of aromatic nitrogens is 2. The van der Waals surface area contributed by atoms with E-state index in [-0.39, 0.29) is 6.04 Å². The Hall–Kier alpha value is -2.10. The summed E-state index contributed by atoms with van der Waals surface area (Å²) in [5.74, 6) is 2.65. The van der Waals surface area contributed by atoms with Crippen LogP contribution in [0, 0.1) is 13.8 Å². The number of benzene rings is 1. The Balaban J connectivity index is 2.33. The molecule has 0 radical (unpaired) electrons. The minimum Gasteiger partial charge on any atom is -0.373 e. The summed E-state index contributed by atoms with van der Waals surface area (Å²) in [5.41, 5.74) is 3.63. The Bertz CT molecular complexity index is 622. The van der Waals surface area contributed by atoms with Gasteiger partial charge in [0.25, 0.3) is 0 Å². The van der Waals surface area contributed by atoms with Crippen molar-refractivity contribution in [1.29, 1.82) is 0 Å². The standard InChI is InChI=1S/C17H24N4/c1-6-15-20-16(18-5)12(3)17(21-15)19-13(4)14-10-8-7-9-11(14)2/h7-10,13H,6H2,1-5H3,(H2,18,19,20,21). The summed E-state index contributed by atoms with van der Waals surface area (Å²) in [7, 11) is 1.89. The molecular formula is C17H24N4. The monoisotopic (exact) mass is 284 g/mol. The Morgan fingerprint density at radius 2 is 1.76 bits per heavy atom. The lowest BCUT2D eigenvalue weighted by molar-refractivity contribution is 0.845. The van der Waals surface area contributed by atoms with Crippen LogP contribution in [0.2, 0.25) is 0 Å². The van der Waals surface area contributed by atoms with E-state index in [1.165, 1.54) is 11.1 Å². The molecule has 1 unspecified atom stereocenters. The predicted molar refractivity (Wildman–Crippen MR) is 88.9 cm³/mol. The minimum absolute atomic E-state index is 0.203. The summed E-state index contributed by atoms with van der Waals surface area (Å²) >= 11 is 0. The van der Waals surface area contributed by atoms with Gasteiger partial charge in [0.2, 0.25) is 0 Å². The summed E-state index contributed by atoms with van der Waals surface area (Å²) in [4.78, 5) is 9.14. The maximum atomic E-state index is 4.63. The molecule has 2 aromatic rings. The van der Waals surface area contributed by atoms with Gasteiger partial charge in [0.1, 0.15) is 17.5 Å². The van der Waals surface area contributed by atoms with Crippen molar-refractivity contribution >= 4 is 11.6 Å². The third kappa shape index (κ3) is 3.32. The van der Waals surface area contributed by atoms with Crippen molar-refractivity contribution in [3.8, 4) is 0 Å². The van der Waals surface area contributed by atoms with Crippen molar-refractivity contribution in [2.75, 3.05) is 17.7 Å². The number of nitrogens with zero attached hydrogens (tertiary/aromatic N) is 2. The lowest BCUT2D eigenvalue weighted by Crippen LogP contribution is -2.13. The molecule has 0 aliphatic heterocycles. The van der Waals surface area contributed by atoms with Gasteiger partial charge in [-0.3, -0.25) is 0 Å². The van der Waals surface area contributed by atoms with Gasteiger partial charge in [0.15, 0.2) is 0 Å². The fraction of sp³-hybridized carbons (Fsp3) is 0.412. The molecule has 1 atom stereocenters. The molecule has 21 heavy (non-hydrogen) atoms. The normalized spacial score (nSPS) is 12.0. The van der Waals surface area contributed by atoms with Crippen molar-refractivity contribution < 1.29 is 0 Å². The molecule has 0 saturated heterocycles. The summed E-state index contributed by atoms with van der Waals surface area (Å²) in [5, 5.41) is 6.67. The highest BCUT2D eigenvalue weighted by Gasteiger charge is 2.13. The molecule has 2 N–H and O–H groups in total. The van der Waals surface area contributed by atoms with Gasteiger partial charge in [0, 0.05) is 19.0 Å². The molecular weight excluding hydrogens is 260 g/mol. The van der Waals surface area contributed by atoms with E-state index in [2.05, 4.69) is 65.6 Å². The maximum absolute atomic E-state index is 4.63. The molecule has 0 spiro atoms. The number of hydrogen-bond acceptors (Lipinski definition) is 4. The van der Waals surface area contributed by atoms with E-state index in [1.54, 1.807) is 0 Å². The van der Waals surface area contributed by atoms with Crippen LogP contribution in [0.1, 0.15) is 42.4 Å². The average molecular weight is 284 g/mol. The van der Waals surface area contributed by atoms with Gasteiger partial charge in [0.05, 0.1) is 6.04 Å². The smallest absolute Gasteiger partial charge is 0.135 e. The first-order chi connectivity index (χ1) is 10.1. The van der Waals surface area contributed by atoms with Crippen molar-refractivity contribution in [3.05, 3.63) is 46.8 Å². The zero-order chi connectivity index (χ0) is 15.4. The molecule has 0 fully saturated rings. The van der Waals surface area contributed by atoms with E-state index in [1.807, 2.05) is 14.0 Å². The number of hydrogen-bond donors (Lipinski definition) is 2. The number of nitrogens with one attached hydrogen (secondary N) is 2. The topological polar surface area (TPSA) is 49.8 Å². The SMILES string of the molecule is CCc1nc(NC)c(C)c(NC(C)c2ccccc2C)n1. The maximum Gasteiger partial charge on any atom is 0.135 e. The van der Waals surface area contributed by atoms with Crippen LogP contribution >= 0.6 is 0 Å². The van der Waals surface area contributed by atoms with Crippen LogP contribution in [-0.4, -0.2) is 17.0 Å². The van der Waals surface area contributed by atoms with Crippen molar-refractivity contribution in [1.82, 2.24) is 9.97 Å². The largest absolute Gasteiger partial charge is 0.373 e. The molecule has 112 valence electrons. The second-order valence-corrected chi connectivity index (χ2v) is 5.29. The second kappa shape index (κ2) is 6.57. The zero-order valence-corrected chi connectivity index (χ0v) is 13.5. The highest BCUT2D eigenvalue weighted by Crippen LogP contribution is 2.25. The molecule has 0 aliphatic carbocycles. The van der Waals surface area contributed by atoms with Crippen LogP contribution in [0.25, 0.3) is 0 Å². The molecule has 0 bridgehead atoms. The lowest BCUT2D eigenvalue weighted by Gasteiger charge is -2.20. The van der Waals surface area contributed by atoms with Crippen LogP contribution in [-0.2, 0) is 6.42 Å². The first-order valence-corrected chi connectivity index (χ1v) is 7.44. The zero-order valence-electron chi connectivity index (χ0n) is 13.5. The first kappa shape index (κ1) is 15.3. The third-order valence-electron chi connectivity index (χ3n) is 3.75. The van der Waals surface area contributed by atoms with Crippen molar-refractivity contribution in [3.63, 3.8) is 0 Å². The summed E-state index contributed by atoms with van der Waals surface area (Å²) in [6, 6.07) is 8.63. The molecule has 0 aliphatic rings. The van der Waals surface area contributed by atoms with Gasteiger partial charge in [-0.15, -0.1) is 0 Å². The minimum atomic E-state index is 0.203. The van der Waals surface area contributed by atoms with Crippen molar-refractivity contribution in [2.45, 2.75) is 40.2 Å².